The van der Waals surface area contributed by atoms with Crippen LogP contribution in [0.15, 0.2) is 71.2 Å². The minimum Gasteiger partial charge on any atom is -0.494 e. The lowest BCUT2D eigenvalue weighted by molar-refractivity contribution is -0.113. The van der Waals surface area contributed by atoms with Crippen molar-refractivity contribution in [3.05, 3.63) is 71.9 Å². The molecule has 0 aliphatic rings. The van der Waals surface area contributed by atoms with E-state index in [1.165, 1.54) is 23.9 Å². The summed E-state index contributed by atoms with van der Waals surface area (Å²) >= 11 is 2.79. The average Bonchev–Trinajstić information content (AvgIpc) is 3.44. The van der Waals surface area contributed by atoms with Gasteiger partial charge in [-0.15, -0.1) is 21.5 Å². The number of carbonyl (C=O) groups is 1. The summed E-state index contributed by atoms with van der Waals surface area (Å²) < 4.78 is 21.2. The van der Waals surface area contributed by atoms with Gasteiger partial charge in [0.25, 0.3) is 0 Å². The van der Waals surface area contributed by atoms with Crippen molar-refractivity contribution < 1.29 is 13.9 Å². The van der Waals surface area contributed by atoms with Crippen LogP contribution < -0.4 is 10.1 Å². The molecular weight excluding hydrogens is 435 g/mol. The van der Waals surface area contributed by atoms with Crippen molar-refractivity contribution in [2.45, 2.75) is 12.1 Å². The number of thioether (sulfide) groups is 1. The van der Waals surface area contributed by atoms with E-state index in [0.717, 1.165) is 16.3 Å². The molecule has 0 aliphatic carbocycles. The fourth-order valence-corrected chi connectivity index (χ4v) is 4.35. The molecule has 31 heavy (non-hydrogen) atoms. The van der Waals surface area contributed by atoms with Gasteiger partial charge in [-0.2, -0.15) is 0 Å². The molecule has 4 aromatic rings. The van der Waals surface area contributed by atoms with Gasteiger partial charge >= 0.3 is 0 Å². The summed E-state index contributed by atoms with van der Waals surface area (Å²) in [6, 6.07) is 17.6. The number of carbonyl (C=O) groups excluding carboxylic acids is 1. The second-order valence-electron chi connectivity index (χ2n) is 6.36. The first-order valence-corrected chi connectivity index (χ1v) is 11.4. The van der Waals surface area contributed by atoms with Crippen LogP contribution in [-0.2, 0) is 4.79 Å². The summed E-state index contributed by atoms with van der Waals surface area (Å²) in [5.41, 5.74) is 1.01. The van der Waals surface area contributed by atoms with Crippen LogP contribution in [0.3, 0.4) is 0 Å². The van der Waals surface area contributed by atoms with Gasteiger partial charge in [0.05, 0.1) is 28.6 Å². The van der Waals surface area contributed by atoms with Crippen molar-refractivity contribution >= 4 is 34.7 Å². The van der Waals surface area contributed by atoms with Gasteiger partial charge in [0.1, 0.15) is 11.6 Å². The SMILES string of the molecule is CCOc1ccc(-n2c(SCC(=O)Nc3ccccc3F)nnc2-c2cccs2)cc1. The zero-order chi connectivity index (χ0) is 21.6. The lowest BCUT2D eigenvalue weighted by Crippen LogP contribution is -2.15. The van der Waals surface area contributed by atoms with Crippen LogP contribution in [0.25, 0.3) is 16.4 Å². The quantitative estimate of drug-likeness (QED) is 0.368. The van der Waals surface area contributed by atoms with Gasteiger partial charge in [0, 0.05) is 0 Å². The van der Waals surface area contributed by atoms with Gasteiger partial charge in [-0.1, -0.05) is 30.0 Å². The summed E-state index contributed by atoms with van der Waals surface area (Å²) in [5, 5.41) is 13.8. The number of anilines is 1. The van der Waals surface area contributed by atoms with E-state index in [1.807, 2.05) is 53.3 Å². The van der Waals surface area contributed by atoms with Gasteiger partial charge in [-0.25, -0.2) is 4.39 Å². The number of para-hydroxylation sites is 1. The maximum Gasteiger partial charge on any atom is 0.234 e. The number of aromatic nitrogens is 3. The molecule has 2 aromatic heterocycles. The molecule has 9 heteroatoms. The normalized spacial score (nSPS) is 10.8. The highest BCUT2D eigenvalue weighted by atomic mass is 32.2. The third kappa shape index (κ3) is 4.95. The molecule has 2 heterocycles. The van der Waals surface area contributed by atoms with E-state index in [0.29, 0.717) is 17.6 Å². The summed E-state index contributed by atoms with van der Waals surface area (Å²) in [6.45, 7) is 2.52. The van der Waals surface area contributed by atoms with Crippen LogP contribution in [0, 0.1) is 5.82 Å². The van der Waals surface area contributed by atoms with Gasteiger partial charge in [0.15, 0.2) is 11.0 Å². The fraction of sp³-hybridized carbons (Fsp3) is 0.136. The van der Waals surface area contributed by atoms with E-state index in [2.05, 4.69) is 15.5 Å². The lowest BCUT2D eigenvalue weighted by Gasteiger charge is -2.11. The number of nitrogens with zero attached hydrogens (tertiary/aromatic N) is 3. The molecular formula is C22H19FN4O2S2. The second-order valence-corrected chi connectivity index (χ2v) is 8.25. The van der Waals surface area contributed by atoms with Crippen molar-refractivity contribution in [3.63, 3.8) is 0 Å². The van der Waals surface area contributed by atoms with Gasteiger partial charge in [-0.05, 0) is 54.8 Å². The van der Waals surface area contributed by atoms with E-state index in [1.54, 1.807) is 23.5 Å². The van der Waals surface area contributed by atoms with Gasteiger partial charge < -0.3 is 10.1 Å². The summed E-state index contributed by atoms with van der Waals surface area (Å²) in [4.78, 5) is 13.3. The van der Waals surface area contributed by atoms with E-state index in [-0.39, 0.29) is 17.3 Å². The number of halogens is 1. The summed E-state index contributed by atoms with van der Waals surface area (Å²) in [7, 11) is 0. The predicted octanol–water partition coefficient (Wildman–Crippen LogP) is 5.26. The van der Waals surface area contributed by atoms with Crippen LogP contribution in [0.5, 0.6) is 5.75 Å². The van der Waals surface area contributed by atoms with Crippen molar-refractivity contribution in [1.82, 2.24) is 14.8 Å². The van der Waals surface area contributed by atoms with Crippen LogP contribution in [0.4, 0.5) is 10.1 Å². The molecule has 158 valence electrons. The zero-order valence-corrected chi connectivity index (χ0v) is 18.3. The minimum atomic E-state index is -0.474. The number of nitrogens with one attached hydrogen (secondary N) is 1. The largest absolute Gasteiger partial charge is 0.494 e. The van der Waals surface area contributed by atoms with Crippen molar-refractivity contribution in [1.29, 1.82) is 0 Å². The Kier molecular flexibility index (Phi) is 6.63. The van der Waals surface area contributed by atoms with E-state index < -0.39 is 5.82 Å². The molecule has 1 N–H and O–H groups in total. The molecule has 0 spiro atoms. The zero-order valence-electron chi connectivity index (χ0n) is 16.6. The Labute approximate surface area is 187 Å². The van der Waals surface area contributed by atoms with Crippen LogP contribution >= 0.6 is 23.1 Å². The molecule has 0 saturated heterocycles. The standard InChI is InChI=1S/C22H19FN4O2S2/c1-2-29-16-11-9-15(10-12-16)27-21(19-8-5-13-30-19)25-26-22(27)31-14-20(28)24-18-7-4-3-6-17(18)23/h3-13H,2,14H2,1H3,(H,24,28). The van der Waals surface area contributed by atoms with E-state index >= 15 is 0 Å². The van der Waals surface area contributed by atoms with E-state index in [9.17, 15) is 9.18 Å². The minimum absolute atomic E-state index is 0.0634. The molecule has 6 nitrogen and oxygen atoms in total. The Morgan fingerprint density at radius 2 is 1.94 bits per heavy atom. The molecule has 0 bridgehead atoms. The summed E-state index contributed by atoms with van der Waals surface area (Å²) in [5.74, 6) is 0.729. The van der Waals surface area contributed by atoms with Crippen molar-refractivity contribution in [2.75, 3.05) is 17.7 Å². The Morgan fingerprint density at radius 1 is 1.13 bits per heavy atom. The maximum atomic E-state index is 13.8. The highest BCUT2D eigenvalue weighted by molar-refractivity contribution is 7.99. The first kappa shape index (κ1) is 21.1. The Balaban J connectivity index is 1.57. The van der Waals surface area contributed by atoms with Gasteiger partial charge in [-0.3, -0.25) is 9.36 Å². The van der Waals surface area contributed by atoms with Crippen molar-refractivity contribution in [2.24, 2.45) is 0 Å². The Hall–Kier alpha value is -3.17. The van der Waals surface area contributed by atoms with E-state index in [4.69, 9.17) is 4.74 Å². The molecule has 0 aliphatic heterocycles. The molecule has 0 unspecified atom stereocenters. The number of hydrogen-bond acceptors (Lipinski definition) is 6. The first-order chi connectivity index (χ1) is 15.2. The molecule has 1 amide bonds. The molecule has 4 rings (SSSR count). The first-order valence-electron chi connectivity index (χ1n) is 9.55. The van der Waals surface area contributed by atoms with Crippen LogP contribution in [-0.4, -0.2) is 33.0 Å². The number of rotatable bonds is 8. The molecule has 0 saturated carbocycles. The Bertz CT molecular complexity index is 1160. The monoisotopic (exact) mass is 454 g/mol. The fourth-order valence-electron chi connectivity index (χ4n) is 2.90. The highest BCUT2D eigenvalue weighted by Gasteiger charge is 2.18. The second kappa shape index (κ2) is 9.76. The summed E-state index contributed by atoms with van der Waals surface area (Å²) in [6.07, 6.45) is 0. The highest BCUT2D eigenvalue weighted by Crippen LogP contribution is 2.31. The lowest BCUT2D eigenvalue weighted by atomic mass is 10.3. The van der Waals surface area contributed by atoms with Gasteiger partial charge in [0.2, 0.25) is 5.91 Å². The topological polar surface area (TPSA) is 69.0 Å². The number of ether oxygens (including phenoxy) is 1. The number of hydrogen-bond donors (Lipinski definition) is 1. The van der Waals surface area contributed by atoms with Crippen LogP contribution in [0.1, 0.15) is 6.92 Å². The molecule has 2 aromatic carbocycles. The third-order valence-corrected chi connectivity index (χ3v) is 6.06. The molecule has 0 fully saturated rings. The number of amides is 1. The third-order valence-electron chi connectivity index (χ3n) is 4.26. The number of benzene rings is 2. The Morgan fingerprint density at radius 3 is 2.65 bits per heavy atom. The smallest absolute Gasteiger partial charge is 0.234 e. The predicted molar refractivity (Wildman–Crippen MR) is 122 cm³/mol. The molecule has 0 radical (unpaired) electrons. The van der Waals surface area contributed by atoms with Crippen LogP contribution in [0.2, 0.25) is 0 Å². The average molecular weight is 455 g/mol. The van der Waals surface area contributed by atoms with Crippen molar-refractivity contribution in [3.8, 4) is 22.1 Å². The maximum absolute atomic E-state index is 13.8. The number of thiophene rings is 1. The molecule has 0 atom stereocenters.